The van der Waals surface area contributed by atoms with Crippen LogP contribution in [0.1, 0.15) is 15.9 Å². The van der Waals surface area contributed by atoms with Gasteiger partial charge in [-0.3, -0.25) is 4.79 Å². The van der Waals surface area contributed by atoms with Crippen LogP contribution < -0.4 is 10.1 Å². The van der Waals surface area contributed by atoms with Gasteiger partial charge in [-0.05, 0) is 52.7 Å². The van der Waals surface area contributed by atoms with Crippen molar-refractivity contribution in [3.05, 3.63) is 57.0 Å². The molecule has 0 aromatic heterocycles. The molecule has 0 aliphatic carbocycles. The van der Waals surface area contributed by atoms with Crippen molar-refractivity contribution in [2.45, 2.75) is 6.92 Å². The van der Waals surface area contributed by atoms with Crippen LogP contribution in [0.5, 0.6) is 5.75 Å². The van der Waals surface area contributed by atoms with Crippen LogP contribution in [-0.2, 0) is 0 Å². The van der Waals surface area contributed by atoms with Crippen molar-refractivity contribution in [3.63, 3.8) is 0 Å². The lowest BCUT2D eigenvalue weighted by Crippen LogP contribution is -2.13. The summed E-state index contributed by atoms with van der Waals surface area (Å²) in [5.41, 5.74) is 2.07. The smallest absolute Gasteiger partial charge is 0.257 e. The number of benzene rings is 2. The van der Waals surface area contributed by atoms with Crippen LogP contribution in [0.15, 0.2) is 40.9 Å². The van der Waals surface area contributed by atoms with Gasteiger partial charge in [0.15, 0.2) is 0 Å². The molecule has 104 valence electrons. The van der Waals surface area contributed by atoms with Gasteiger partial charge < -0.3 is 10.1 Å². The second kappa shape index (κ2) is 6.29. The number of carbonyl (C=O) groups is 1. The topological polar surface area (TPSA) is 38.3 Å². The van der Waals surface area contributed by atoms with Gasteiger partial charge in [0.05, 0.1) is 23.4 Å². The van der Waals surface area contributed by atoms with E-state index in [1.807, 2.05) is 19.1 Å². The van der Waals surface area contributed by atoms with Gasteiger partial charge in [0.25, 0.3) is 5.91 Å². The second-order valence-electron chi connectivity index (χ2n) is 4.26. The zero-order valence-corrected chi connectivity index (χ0v) is 13.4. The molecule has 0 atom stereocenters. The number of aryl methyl sites for hydroxylation is 1. The Balaban J connectivity index is 2.30. The number of carbonyl (C=O) groups excluding carboxylic acids is 1. The Hall–Kier alpha value is -1.52. The highest BCUT2D eigenvalue weighted by Crippen LogP contribution is 2.29. The van der Waals surface area contributed by atoms with E-state index in [4.69, 9.17) is 16.3 Å². The first-order valence-corrected chi connectivity index (χ1v) is 7.10. The van der Waals surface area contributed by atoms with E-state index in [1.54, 1.807) is 31.4 Å². The van der Waals surface area contributed by atoms with Crippen molar-refractivity contribution in [3.8, 4) is 5.75 Å². The molecule has 0 aliphatic rings. The Bertz CT molecular complexity index is 658. The minimum Gasteiger partial charge on any atom is -0.495 e. The average molecular weight is 355 g/mol. The molecule has 3 nitrogen and oxygen atoms in total. The van der Waals surface area contributed by atoms with Crippen molar-refractivity contribution in [1.29, 1.82) is 0 Å². The van der Waals surface area contributed by atoms with Crippen LogP contribution in [0.4, 0.5) is 5.69 Å². The predicted molar refractivity (Wildman–Crippen MR) is 84.8 cm³/mol. The Morgan fingerprint density at radius 1 is 1.30 bits per heavy atom. The molecule has 0 heterocycles. The molecule has 2 rings (SSSR count). The number of nitrogens with one attached hydrogen (secondary N) is 1. The monoisotopic (exact) mass is 353 g/mol. The summed E-state index contributed by atoms with van der Waals surface area (Å²) in [6.07, 6.45) is 0. The summed E-state index contributed by atoms with van der Waals surface area (Å²) < 4.78 is 5.94. The number of anilines is 1. The third-order valence-corrected chi connectivity index (χ3v) is 4.10. The van der Waals surface area contributed by atoms with E-state index >= 15 is 0 Å². The molecule has 0 bridgehead atoms. The molecule has 0 saturated carbocycles. The highest BCUT2D eigenvalue weighted by atomic mass is 79.9. The quantitative estimate of drug-likeness (QED) is 0.869. The first-order valence-electron chi connectivity index (χ1n) is 5.93. The molecule has 0 fully saturated rings. The van der Waals surface area contributed by atoms with E-state index in [9.17, 15) is 4.79 Å². The molecule has 20 heavy (non-hydrogen) atoms. The summed E-state index contributed by atoms with van der Waals surface area (Å²) in [6.45, 7) is 1.96. The van der Waals surface area contributed by atoms with Gasteiger partial charge in [-0.15, -0.1) is 0 Å². The molecular weight excluding hydrogens is 342 g/mol. The number of halogens is 2. The number of rotatable bonds is 3. The molecule has 1 amide bonds. The van der Waals surface area contributed by atoms with Crippen molar-refractivity contribution in [2.24, 2.45) is 0 Å². The SMILES string of the molecule is COc1cc(C)ccc1NC(=O)c1cccc(Br)c1Cl. The zero-order chi connectivity index (χ0) is 14.7. The molecule has 0 radical (unpaired) electrons. The fraction of sp³-hybridized carbons (Fsp3) is 0.133. The Morgan fingerprint density at radius 3 is 2.75 bits per heavy atom. The number of ether oxygens (including phenoxy) is 1. The third kappa shape index (κ3) is 3.14. The van der Waals surface area contributed by atoms with Crippen LogP contribution in [0.25, 0.3) is 0 Å². The fourth-order valence-corrected chi connectivity index (χ4v) is 2.35. The van der Waals surface area contributed by atoms with Gasteiger partial charge in [-0.2, -0.15) is 0 Å². The van der Waals surface area contributed by atoms with E-state index in [2.05, 4.69) is 21.2 Å². The van der Waals surface area contributed by atoms with E-state index in [0.717, 1.165) is 5.56 Å². The molecular formula is C15H13BrClNO2. The lowest BCUT2D eigenvalue weighted by Gasteiger charge is -2.12. The maximum atomic E-state index is 12.3. The van der Waals surface area contributed by atoms with Gasteiger partial charge in [0, 0.05) is 4.47 Å². The van der Waals surface area contributed by atoms with Gasteiger partial charge in [-0.25, -0.2) is 0 Å². The molecule has 0 unspecified atom stereocenters. The molecule has 5 heteroatoms. The molecule has 0 aliphatic heterocycles. The minimum absolute atomic E-state index is 0.279. The summed E-state index contributed by atoms with van der Waals surface area (Å²) in [7, 11) is 1.57. The largest absolute Gasteiger partial charge is 0.495 e. The zero-order valence-electron chi connectivity index (χ0n) is 11.0. The first-order chi connectivity index (χ1) is 9.52. The lowest BCUT2D eigenvalue weighted by molar-refractivity contribution is 0.102. The maximum Gasteiger partial charge on any atom is 0.257 e. The van der Waals surface area contributed by atoms with E-state index in [0.29, 0.717) is 26.5 Å². The van der Waals surface area contributed by atoms with Crippen LogP contribution >= 0.6 is 27.5 Å². The highest BCUT2D eigenvalue weighted by molar-refractivity contribution is 9.10. The summed E-state index contributed by atoms with van der Waals surface area (Å²) in [5, 5.41) is 3.19. The second-order valence-corrected chi connectivity index (χ2v) is 5.49. The molecule has 0 saturated heterocycles. The highest BCUT2D eigenvalue weighted by Gasteiger charge is 2.14. The summed E-state index contributed by atoms with van der Waals surface area (Å²) in [5.74, 6) is 0.336. The summed E-state index contributed by atoms with van der Waals surface area (Å²) in [6, 6.07) is 10.8. The van der Waals surface area contributed by atoms with Crippen LogP contribution in [-0.4, -0.2) is 13.0 Å². The van der Waals surface area contributed by atoms with Crippen molar-refractivity contribution >= 4 is 39.1 Å². The van der Waals surface area contributed by atoms with Crippen LogP contribution in [0.2, 0.25) is 5.02 Å². The van der Waals surface area contributed by atoms with Gasteiger partial charge >= 0.3 is 0 Å². The van der Waals surface area contributed by atoms with E-state index in [1.165, 1.54) is 0 Å². The van der Waals surface area contributed by atoms with Crippen molar-refractivity contribution < 1.29 is 9.53 Å². The van der Waals surface area contributed by atoms with E-state index in [-0.39, 0.29) is 5.91 Å². The summed E-state index contributed by atoms with van der Waals surface area (Å²) in [4.78, 5) is 12.3. The van der Waals surface area contributed by atoms with Gasteiger partial charge in [-0.1, -0.05) is 23.7 Å². The predicted octanol–water partition coefficient (Wildman–Crippen LogP) is 4.67. The molecule has 2 aromatic rings. The first kappa shape index (κ1) is 14.9. The van der Waals surface area contributed by atoms with Crippen LogP contribution in [0.3, 0.4) is 0 Å². The van der Waals surface area contributed by atoms with E-state index < -0.39 is 0 Å². The Kier molecular flexibility index (Phi) is 4.68. The average Bonchev–Trinajstić information content (AvgIpc) is 2.43. The van der Waals surface area contributed by atoms with Gasteiger partial charge in [0.2, 0.25) is 0 Å². The fourth-order valence-electron chi connectivity index (χ4n) is 1.77. The molecule has 0 spiro atoms. The number of amides is 1. The third-order valence-electron chi connectivity index (χ3n) is 2.80. The normalized spacial score (nSPS) is 10.2. The Labute approximate surface area is 131 Å². The lowest BCUT2D eigenvalue weighted by atomic mass is 10.1. The standard InChI is InChI=1S/C15H13BrClNO2/c1-9-6-7-12(13(8-9)20-2)18-15(19)10-4-3-5-11(16)14(10)17/h3-8H,1-2H3,(H,18,19). The van der Waals surface area contributed by atoms with Crippen LogP contribution in [0, 0.1) is 6.92 Å². The Morgan fingerprint density at radius 2 is 2.05 bits per heavy atom. The molecule has 1 N–H and O–H groups in total. The summed E-state index contributed by atoms with van der Waals surface area (Å²) >= 11 is 9.42. The van der Waals surface area contributed by atoms with Crippen molar-refractivity contribution in [1.82, 2.24) is 0 Å². The van der Waals surface area contributed by atoms with Crippen molar-refractivity contribution in [2.75, 3.05) is 12.4 Å². The molecule has 2 aromatic carbocycles. The van der Waals surface area contributed by atoms with Gasteiger partial charge in [0.1, 0.15) is 5.75 Å². The maximum absolute atomic E-state index is 12.3. The number of hydrogen-bond donors (Lipinski definition) is 1. The minimum atomic E-state index is -0.279. The number of methoxy groups -OCH3 is 1. The number of hydrogen-bond acceptors (Lipinski definition) is 2.